The largest absolute Gasteiger partial charge is 0.355 e. The zero-order chi connectivity index (χ0) is 15.7. The van der Waals surface area contributed by atoms with Gasteiger partial charge in [-0.2, -0.15) is 0 Å². The van der Waals surface area contributed by atoms with Gasteiger partial charge in [-0.25, -0.2) is 0 Å². The van der Waals surface area contributed by atoms with Gasteiger partial charge in [-0.1, -0.05) is 12.1 Å². The van der Waals surface area contributed by atoms with E-state index < -0.39 is 0 Å². The van der Waals surface area contributed by atoms with Crippen molar-refractivity contribution < 1.29 is 9.59 Å². The van der Waals surface area contributed by atoms with Crippen molar-refractivity contribution in [2.75, 3.05) is 7.05 Å². The minimum atomic E-state index is -0.122. The van der Waals surface area contributed by atoms with Gasteiger partial charge in [-0.05, 0) is 48.8 Å². The lowest BCUT2D eigenvalue weighted by molar-refractivity contribution is -0.127. The lowest BCUT2D eigenvalue weighted by Crippen LogP contribution is -2.45. The molecule has 4 unspecified atom stereocenters. The number of nitrogens with two attached hydrogens (primary N) is 1. The average molecular weight is 301 g/mol. The smallest absolute Gasteiger partial charge is 0.251 e. The molecule has 0 radical (unpaired) electrons. The molecule has 0 saturated heterocycles. The van der Waals surface area contributed by atoms with Crippen LogP contribution < -0.4 is 16.4 Å². The van der Waals surface area contributed by atoms with E-state index in [-0.39, 0.29) is 23.8 Å². The highest BCUT2D eigenvalue weighted by molar-refractivity contribution is 5.94. The second-order valence-electron chi connectivity index (χ2n) is 6.43. The third-order valence-corrected chi connectivity index (χ3v) is 5.17. The van der Waals surface area contributed by atoms with Crippen LogP contribution in [-0.4, -0.2) is 24.9 Å². The maximum atomic E-state index is 12.4. The third kappa shape index (κ3) is 2.73. The van der Waals surface area contributed by atoms with Gasteiger partial charge in [0.05, 0.1) is 5.92 Å². The van der Waals surface area contributed by atoms with E-state index in [1.165, 1.54) is 6.42 Å². The van der Waals surface area contributed by atoms with E-state index in [1.807, 2.05) is 12.1 Å². The zero-order valence-electron chi connectivity index (χ0n) is 12.8. The third-order valence-electron chi connectivity index (χ3n) is 5.17. The van der Waals surface area contributed by atoms with Gasteiger partial charge in [0.1, 0.15) is 0 Å². The average Bonchev–Trinajstić information content (AvgIpc) is 3.13. The first kappa shape index (κ1) is 15.0. The summed E-state index contributed by atoms with van der Waals surface area (Å²) in [5.41, 5.74) is 7.73. The van der Waals surface area contributed by atoms with E-state index in [0.29, 0.717) is 23.9 Å². The summed E-state index contributed by atoms with van der Waals surface area (Å²) in [6.45, 7) is 0.435. The van der Waals surface area contributed by atoms with E-state index >= 15 is 0 Å². The number of amides is 2. The summed E-state index contributed by atoms with van der Waals surface area (Å²) in [7, 11) is 1.60. The SMILES string of the molecule is CNC(=O)c1cccc(CNC(=O)C2C3CCC(C3)C2N)c1. The number of carbonyl (C=O) groups is 2. The summed E-state index contributed by atoms with van der Waals surface area (Å²) in [6, 6.07) is 7.31. The van der Waals surface area contributed by atoms with E-state index in [4.69, 9.17) is 5.73 Å². The molecular formula is C17H23N3O2. The van der Waals surface area contributed by atoms with Gasteiger partial charge < -0.3 is 16.4 Å². The molecule has 4 atom stereocenters. The van der Waals surface area contributed by atoms with Crippen LogP contribution in [-0.2, 0) is 11.3 Å². The summed E-state index contributed by atoms with van der Waals surface area (Å²) in [6.07, 6.45) is 3.40. The first-order chi connectivity index (χ1) is 10.6. The molecule has 0 aliphatic heterocycles. The number of carbonyl (C=O) groups excluding carboxylic acids is 2. The molecule has 22 heavy (non-hydrogen) atoms. The van der Waals surface area contributed by atoms with E-state index in [9.17, 15) is 9.59 Å². The Morgan fingerprint density at radius 2 is 2.05 bits per heavy atom. The zero-order valence-corrected chi connectivity index (χ0v) is 12.8. The first-order valence-corrected chi connectivity index (χ1v) is 7.94. The summed E-state index contributed by atoms with van der Waals surface area (Å²) >= 11 is 0. The van der Waals surface area contributed by atoms with Crippen LogP contribution in [0.4, 0.5) is 0 Å². The fourth-order valence-corrected chi connectivity index (χ4v) is 4.00. The number of nitrogens with one attached hydrogen (secondary N) is 2. The van der Waals surface area contributed by atoms with Gasteiger partial charge in [-0.3, -0.25) is 9.59 Å². The fourth-order valence-electron chi connectivity index (χ4n) is 4.00. The summed E-state index contributed by atoms with van der Waals surface area (Å²) in [5.74, 6) is 0.878. The lowest BCUT2D eigenvalue weighted by Gasteiger charge is -2.27. The van der Waals surface area contributed by atoms with Crippen LogP contribution >= 0.6 is 0 Å². The van der Waals surface area contributed by atoms with E-state index in [1.54, 1.807) is 19.2 Å². The van der Waals surface area contributed by atoms with Crippen LogP contribution in [0.15, 0.2) is 24.3 Å². The fraction of sp³-hybridized carbons (Fsp3) is 0.529. The molecule has 2 bridgehead atoms. The molecule has 2 aliphatic rings. The Kier molecular flexibility index (Phi) is 4.16. The Labute approximate surface area is 130 Å². The highest BCUT2D eigenvalue weighted by Gasteiger charge is 2.48. The van der Waals surface area contributed by atoms with Crippen molar-refractivity contribution in [2.45, 2.75) is 31.8 Å². The van der Waals surface area contributed by atoms with Crippen molar-refractivity contribution in [2.24, 2.45) is 23.5 Å². The molecule has 2 fully saturated rings. The van der Waals surface area contributed by atoms with Gasteiger partial charge in [0.25, 0.3) is 5.91 Å². The van der Waals surface area contributed by atoms with Gasteiger partial charge in [0, 0.05) is 25.2 Å². The summed E-state index contributed by atoms with van der Waals surface area (Å²) in [4.78, 5) is 24.1. The molecule has 1 aromatic carbocycles. The first-order valence-electron chi connectivity index (χ1n) is 7.94. The molecule has 2 amide bonds. The molecule has 2 aliphatic carbocycles. The maximum absolute atomic E-state index is 12.4. The molecule has 118 valence electrons. The number of hydrogen-bond donors (Lipinski definition) is 3. The van der Waals surface area contributed by atoms with E-state index in [0.717, 1.165) is 18.4 Å². The minimum Gasteiger partial charge on any atom is -0.355 e. The highest BCUT2D eigenvalue weighted by atomic mass is 16.2. The molecule has 0 spiro atoms. The van der Waals surface area contributed by atoms with Crippen LogP contribution in [0.2, 0.25) is 0 Å². The molecule has 2 saturated carbocycles. The Bertz CT molecular complexity index is 585. The van der Waals surface area contributed by atoms with Crippen molar-refractivity contribution in [3.8, 4) is 0 Å². The predicted octanol–water partition coefficient (Wildman–Crippen LogP) is 1.04. The van der Waals surface area contributed by atoms with Crippen molar-refractivity contribution in [1.29, 1.82) is 0 Å². The van der Waals surface area contributed by atoms with Crippen LogP contribution in [0.5, 0.6) is 0 Å². The van der Waals surface area contributed by atoms with E-state index in [2.05, 4.69) is 10.6 Å². The van der Waals surface area contributed by atoms with Gasteiger partial charge in [-0.15, -0.1) is 0 Å². The summed E-state index contributed by atoms with van der Waals surface area (Å²) in [5, 5.41) is 5.59. The molecule has 5 heteroatoms. The Balaban J connectivity index is 1.61. The molecule has 0 aromatic heterocycles. The molecular weight excluding hydrogens is 278 g/mol. The van der Waals surface area contributed by atoms with Crippen molar-refractivity contribution in [3.05, 3.63) is 35.4 Å². The molecule has 1 aromatic rings. The van der Waals surface area contributed by atoms with Gasteiger partial charge in [0.2, 0.25) is 5.91 Å². The van der Waals surface area contributed by atoms with Gasteiger partial charge in [0.15, 0.2) is 0 Å². The minimum absolute atomic E-state index is 0.0101. The molecule has 4 N–H and O–H groups in total. The Morgan fingerprint density at radius 1 is 1.27 bits per heavy atom. The number of rotatable bonds is 4. The monoisotopic (exact) mass is 301 g/mol. The summed E-state index contributed by atoms with van der Waals surface area (Å²) < 4.78 is 0. The van der Waals surface area contributed by atoms with Crippen molar-refractivity contribution >= 4 is 11.8 Å². The lowest BCUT2D eigenvalue weighted by atomic mass is 9.84. The van der Waals surface area contributed by atoms with Crippen LogP contribution in [0, 0.1) is 17.8 Å². The topological polar surface area (TPSA) is 84.2 Å². The second-order valence-corrected chi connectivity index (χ2v) is 6.43. The predicted molar refractivity (Wildman–Crippen MR) is 84.0 cm³/mol. The van der Waals surface area contributed by atoms with Crippen LogP contribution in [0.25, 0.3) is 0 Å². The molecule has 0 heterocycles. The highest BCUT2D eigenvalue weighted by Crippen LogP contribution is 2.47. The van der Waals surface area contributed by atoms with Crippen molar-refractivity contribution in [1.82, 2.24) is 10.6 Å². The Morgan fingerprint density at radius 3 is 2.73 bits per heavy atom. The van der Waals surface area contributed by atoms with Crippen LogP contribution in [0.3, 0.4) is 0 Å². The molecule has 5 nitrogen and oxygen atoms in total. The normalized spacial score (nSPS) is 29.4. The van der Waals surface area contributed by atoms with Crippen molar-refractivity contribution in [3.63, 3.8) is 0 Å². The number of fused-ring (bicyclic) bond motifs is 2. The quantitative estimate of drug-likeness (QED) is 0.777. The second kappa shape index (κ2) is 6.08. The van der Waals surface area contributed by atoms with Crippen LogP contribution in [0.1, 0.15) is 35.2 Å². The Hall–Kier alpha value is -1.88. The maximum Gasteiger partial charge on any atom is 0.251 e. The molecule has 3 rings (SSSR count). The number of hydrogen-bond acceptors (Lipinski definition) is 3. The standard InChI is InChI=1S/C17H23N3O2/c1-19-16(21)13-4-2-3-10(7-13)9-20-17(22)14-11-5-6-12(8-11)15(14)18/h2-4,7,11-12,14-15H,5-6,8-9,18H2,1H3,(H,19,21)(H,20,22). The number of benzene rings is 1. The van der Waals surface area contributed by atoms with Gasteiger partial charge >= 0.3 is 0 Å².